The third-order valence-electron chi connectivity index (χ3n) is 2.41. The molecule has 84 valence electrons. The quantitative estimate of drug-likeness (QED) is 0.590. The van der Waals surface area contributed by atoms with Crippen LogP contribution in [-0.4, -0.2) is 10.8 Å². The average Bonchev–Trinajstić information content (AvgIpc) is 2.37. The summed E-state index contributed by atoms with van der Waals surface area (Å²) in [7, 11) is 0. The highest BCUT2D eigenvalue weighted by atomic mass is 16.1. The highest BCUT2D eigenvalue weighted by molar-refractivity contribution is 6.06. The Morgan fingerprint density at radius 3 is 2.65 bits per heavy atom. The van der Waals surface area contributed by atoms with Gasteiger partial charge in [-0.25, -0.2) is 0 Å². The Morgan fingerprint density at radius 1 is 1.18 bits per heavy atom. The summed E-state index contributed by atoms with van der Waals surface area (Å²) in [5, 5.41) is 0. The van der Waals surface area contributed by atoms with Crippen molar-refractivity contribution in [3.05, 3.63) is 71.6 Å². The molecular weight excluding hydrogens is 210 g/mol. The maximum Gasteiger partial charge on any atom is 0.185 e. The molecule has 0 radical (unpaired) electrons. The first-order valence-corrected chi connectivity index (χ1v) is 5.46. The van der Waals surface area contributed by atoms with Crippen molar-refractivity contribution in [1.82, 2.24) is 4.98 Å². The minimum Gasteiger partial charge on any atom is -0.289 e. The fourth-order valence-electron chi connectivity index (χ4n) is 1.54. The van der Waals surface area contributed by atoms with E-state index in [-0.39, 0.29) is 5.78 Å². The van der Waals surface area contributed by atoms with Gasteiger partial charge < -0.3 is 0 Å². The standard InChI is InChI=1S/C15H13NO/c1-12-11-13(9-10-16-12)7-8-15(17)14-5-3-2-4-6-14/h2-11H,1H3. The summed E-state index contributed by atoms with van der Waals surface area (Å²) in [4.78, 5) is 15.9. The van der Waals surface area contributed by atoms with E-state index in [9.17, 15) is 4.79 Å². The molecule has 0 atom stereocenters. The van der Waals surface area contributed by atoms with Crippen molar-refractivity contribution in [3.63, 3.8) is 0 Å². The Morgan fingerprint density at radius 2 is 1.94 bits per heavy atom. The first-order valence-electron chi connectivity index (χ1n) is 5.46. The summed E-state index contributed by atoms with van der Waals surface area (Å²) in [6, 6.07) is 13.0. The molecule has 0 saturated heterocycles. The van der Waals surface area contributed by atoms with Crippen molar-refractivity contribution >= 4 is 11.9 Å². The Hall–Kier alpha value is -2.22. The van der Waals surface area contributed by atoms with Crippen molar-refractivity contribution in [2.24, 2.45) is 0 Å². The van der Waals surface area contributed by atoms with Crippen molar-refractivity contribution in [2.45, 2.75) is 6.92 Å². The molecule has 0 saturated carbocycles. The van der Waals surface area contributed by atoms with Crippen molar-refractivity contribution in [1.29, 1.82) is 0 Å². The van der Waals surface area contributed by atoms with Gasteiger partial charge in [0, 0.05) is 17.5 Å². The number of aromatic nitrogens is 1. The van der Waals surface area contributed by atoms with Gasteiger partial charge in [-0.05, 0) is 30.7 Å². The van der Waals surface area contributed by atoms with Crippen molar-refractivity contribution < 1.29 is 4.79 Å². The van der Waals surface area contributed by atoms with Crippen molar-refractivity contribution in [2.75, 3.05) is 0 Å². The van der Waals surface area contributed by atoms with Gasteiger partial charge >= 0.3 is 0 Å². The normalized spacial score (nSPS) is 10.6. The molecule has 0 amide bonds. The van der Waals surface area contributed by atoms with Crippen LogP contribution in [0.3, 0.4) is 0 Å². The molecule has 0 spiro atoms. The molecule has 0 aliphatic rings. The minimum absolute atomic E-state index is 0.0139. The minimum atomic E-state index is 0.0139. The number of pyridine rings is 1. The second-order valence-electron chi connectivity index (χ2n) is 3.79. The monoisotopic (exact) mass is 223 g/mol. The van der Waals surface area contributed by atoms with E-state index < -0.39 is 0 Å². The molecule has 1 aromatic heterocycles. The lowest BCUT2D eigenvalue weighted by atomic mass is 10.1. The number of aryl methyl sites for hydroxylation is 1. The maximum absolute atomic E-state index is 11.8. The second-order valence-corrected chi connectivity index (χ2v) is 3.79. The third kappa shape index (κ3) is 3.11. The van der Waals surface area contributed by atoms with Crippen LogP contribution in [0.25, 0.3) is 6.08 Å². The van der Waals surface area contributed by atoms with Crippen LogP contribution in [0.15, 0.2) is 54.7 Å². The number of carbonyl (C=O) groups is 1. The van der Waals surface area contributed by atoms with Gasteiger partial charge in [0.25, 0.3) is 0 Å². The molecule has 1 aromatic carbocycles. The SMILES string of the molecule is Cc1cc(C=CC(=O)c2ccccc2)ccn1. The van der Waals surface area contributed by atoms with Gasteiger partial charge in [0.15, 0.2) is 5.78 Å². The number of allylic oxidation sites excluding steroid dienone is 1. The summed E-state index contributed by atoms with van der Waals surface area (Å²) in [6.45, 7) is 1.93. The molecule has 2 heteroatoms. The fourth-order valence-corrected chi connectivity index (χ4v) is 1.54. The van der Waals surface area contributed by atoms with Crippen LogP contribution in [0.4, 0.5) is 0 Å². The highest BCUT2D eigenvalue weighted by Crippen LogP contribution is 2.06. The van der Waals surface area contributed by atoms with E-state index in [0.717, 1.165) is 11.3 Å². The lowest BCUT2D eigenvalue weighted by Gasteiger charge is -1.96. The first kappa shape index (κ1) is 11.3. The topological polar surface area (TPSA) is 30.0 Å². The smallest absolute Gasteiger partial charge is 0.185 e. The average molecular weight is 223 g/mol. The van der Waals surface area contributed by atoms with Gasteiger partial charge in [0.05, 0.1) is 0 Å². The number of nitrogens with zero attached hydrogens (tertiary/aromatic N) is 1. The van der Waals surface area contributed by atoms with E-state index in [1.165, 1.54) is 0 Å². The Labute approximate surface area is 101 Å². The van der Waals surface area contributed by atoms with Gasteiger partial charge in [0.1, 0.15) is 0 Å². The van der Waals surface area contributed by atoms with Gasteiger partial charge in [-0.15, -0.1) is 0 Å². The zero-order chi connectivity index (χ0) is 12.1. The third-order valence-corrected chi connectivity index (χ3v) is 2.41. The van der Waals surface area contributed by atoms with E-state index in [4.69, 9.17) is 0 Å². The fraction of sp³-hybridized carbons (Fsp3) is 0.0667. The number of hydrogen-bond acceptors (Lipinski definition) is 2. The van der Waals surface area contributed by atoms with E-state index >= 15 is 0 Å². The first-order chi connectivity index (χ1) is 8.25. The molecule has 0 bridgehead atoms. The van der Waals surface area contributed by atoms with Crippen molar-refractivity contribution in [3.8, 4) is 0 Å². The molecule has 17 heavy (non-hydrogen) atoms. The maximum atomic E-state index is 11.8. The molecular formula is C15H13NO. The number of benzene rings is 1. The molecule has 0 aliphatic heterocycles. The van der Waals surface area contributed by atoms with Crippen LogP contribution in [0, 0.1) is 6.92 Å². The van der Waals surface area contributed by atoms with Crippen LogP contribution in [0.1, 0.15) is 21.6 Å². The molecule has 2 aromatic rings. The van der Waals surface area contributed by atoms with Gasteiger partial charge in [0.2, 0.25) is 0 Å². The number of carbonyl (C=O) groups excluding carboxylic acids is 1. The van der Waals surface area contributed by atoms with E-state index in [0.29, 0.717) is 5.56 Å². The molecule has 0 aliphatic carbocycles. The van der Waals surface area contributed by atoms with E-state index in [1.54, 1.807) is 12.3 Å². The lowest BCUT2D eigenvalue weighted by molar-refractivity contribution is 0.104. The van der Waals surface area contributed by atoms with Gasteiger partial charge in [-0.1, -0.05) is 36.4 Å². The second kappa shape index (κ2) is 5.21. The number of hydrogen-bond donors (Lipinski definition) is 0. The lowest BCUT2D eigenvalue weighted by Crippen LogP contribution is -1.92. The highest BCUT2D eigenvalue weighted by Gasteiger charge is 1.99. The zero-order valence-electron chi connectivity index (χ0n) is 9.63. The summed E-state index contributed by atoms with van der Waals surface area (Å²) < 4.78 is 0. The van der Waals surface area contributed by atoms with Crippen LogP contribution in [0.2, 0.25) is 0 Å². The summed E-state index contributed by atoms with van der Waals surface area (Å²) >= 11 is 0. The molecule has 2 nitrogen and oxygen atoms in total. The summed E-state index contributed by atoms with van der Waals surface area (Å²) in [6.07, 6.45) is 5.14. The van der Waals surface area contributed by atoms with Crippen LogP contribution < -0.4 is 0 Å². The number of ketones is 1. The van der Waals surface area contributed by atoms with E-state index in [2.05, 4.69) is 4.98 Å². The molecule has 2 rings (SSSR count). The molecule has 0 N–H and O–H groups in total. The molecule has 0 fully saturated rings. The van der Waals surface area contributed by atoms with Crippen LogP contribution in [0.5, 0.6) is 0 Å². The zero-order valence-corrected chi connectivity index (χ0v) is 9.63. The molecule has 1 heterocycles. The van der Waals surface area contributed by atoms with Crippen LogP contribution in [-0.2, 0) is 0 Å². The Balaban J connectivity index is 2.14. The Bertz CT molecular complexity index is 544. The largest absolute Gasteiger partial charge is 0.289 e. The van der Waals surface area contributed by atoms with Crippen LogP contribution >= 0.6 is 0 Å². The Kier molecular flexibility index (Phi) is 3.46. The van der Waals surface area contributed by atoms with Gasteiger partial charge in [-0.3, -0.25) is 9.78 Å². The summed E-state index contributed by atoms with van der Waals surface area (Å²) in [5.41, 5.74) is 2.63. The molecule has 0 unspecified atom stereocenters. The van der Waals surface area contributed by atoms with E-state index in [1.807, 2.05) is 55.5 Å². The number of rotatable bonds is 3. The predicted octanol–water partition coefficient (Wildman–Crippen LogP) is 3.29. The van der Waals surface area contributed by atoms with Gasteiger partial charge in [-0.2, -0.15) is 0 Å². The summed E-state index contributed by atoms with van der Waals surface area (Å²) in [5.74, 6) is 0.0139. The predicted molar refractivity (Wildman–Crippen MR) is 68.8 cm³/mol.